The monoisotopic (exact) mass is 257 g/mol. The second kappa shape index (κ2) is 10.3. The molecule has 6 nitrogen and oxygen atoms in total. The lowest BCUT2D eigenvalue weighted by atomic mass is 10.1. The lowest BCUT2D eigenvalue weighted by molar-refractivity contribution is -0.137. The van der Waals surface area contributed by atoms with Crippen LogP contribution in [0.15, 0.2) is 12.2 Å². The Morgan fingerprint density at radius 1 is 0.889 bits per heavy atom. The van der Waals surface area contributed by atoms with Crippen molar-refractivity contribution in [3.8, 4) is 0 Å². The SMILES string of the molecule is O=C(O)/C=C/C(=O)NCCCCCCCC(=O)O. The first-order chi connectivity index (χ1) is 8.52. The Morgan fingerprint density at radius 3 is 2.11 bits per heavy atom. The van der Waals surface area contributed by atoms with E-state index >= 15 is 0 Å². The van der Waals surface area contributed by atoms with Gasteiger partial charge in [0.25, 0.3) is 0 Å². The second-order valence-electron chi connectivity index (χ2n) is 3.87. The van der Waals surface area contributed by atoms with Crippen molar-refractivity contribution >= 4 is 17.8 Å². The molecule has 0 aromatic rings. The van der Waals surface area contributed by atoms with E-state index in [0.717, 1.165) is 37.8 Å². The standard InChI is InChI=1S/C12H19NO5/c14-10(7-8-12(17)18)13-9-5-3-1-2-4-6-11(15)16/h7-8H,1-6,9H2,(H,13,14)(H,15,16)(H,17,18)/b8-7+. The molecular weight excluding hydrogens is 238 g/mol. The van der Waals surface area contributed by atoms with Crippen LogP contribution in [0.3, 0.4) is 0 Å². The van der Waals surface area contributed by atoms with Gasteiger partial charge in [-0.05, 0) is 12.8 Å². The van der Waals surface area contributed by atoms with Gasteiger partial charge in [0.05, 0.1) is 0 Å². The zero-order valence-electron chi connectivity index (χ0n) is 10.2. The van der Waals surface area contributed by atoms with E-state index in [1.54, 1.807) is 0 Å². The Labute approximate surface area is 106 Å². The summed E-state index contributed by atoms with van der Waals surface area (Å²) in [6.45, 7) is 0.502. The normalized spacial score (nSPS) is 10.4. The van der Waals surface area contributed by atoms with Gasteiger partial charge >= 0.3 is 11.9 Å². The molecule has 3 N–H and O–H groups in total. The molecule has 0 aliphatic carbocycles. The smallest absolute Gasteiger partial charge is 0.328 e. The van der Waals surface area contributed by atoms with E-state index in [9.17, 15) is 14.4 Å². The van der Waals surface area contributed by atoms with Crippen molar-refractivity contribution in [3.05, 3.63) is 12.2 Å². The molecule has 0 unspecified atom stereocenters. The first-order valence-corrected chi connectivity index (χ1v) is 5.93. The number of aliphatic carboxylic acids is 2. The number of carbonyl (C=O) groups excluding carboxylic acids is 1. The van der Waals surface area contributed by atoms with Crippen molar-refractivity contribution in [1.82, 2.24) is 5.32 Å². The van der Waals surface area contributed by atoms with Crippen molar-refractivity contribution in [2.45, 2.75) is 38.5 Å². The van der Waals surface area contributed by atoms with Gasteiger partial charge < -0.3 is 15.5 Å². The molecule has 102 valence electrons. The van der Waals surface area contributed by atoms with Crippen LogP contribution in [0, 0.1) is 0 Å². The van der Waals surface area contributed by atoms with E-state index in [4.69, 9.17) is 10.2 Å². The third-order valence-corrected chi connectivity index (χ3v) is 2.24. The summed E-state index contributed by atoms with van der Waals surface area (Å²) < 4.78 is 0. The van der Waals surface area contributed by atoms with Crippen molar-refractivity contribution in [2.24, 2.45) is 0 Å². The highest BCUT2D eigenvalue weighted by Crippen LogP contribution is 2.04. The number of nitrogens with one attached hydrogen (secondary N) is 1. The highest BCUT2D eigenvalue weighted by atomic mass is 16.4. The minimum atomic E-state index is -1.15. The molecule has 0 aliphatic heterocycles. The summed E-state index contributed by atoms with van der Waals surface area (Å²) in [5.74, 6) is -2.33. The largest absolute Gasteiger partial charge is 0.481 e. The molecule has 0 spiro atoms. The zero-order valence-corrected chi connectivity index (χ0v) is 10.2. The predicted molar refractivity (Wildman–Crippen MR) is 65.1 cm³/mol. The number of carboxylic acid groups (broad SMARTS) is 2. The molecule has 18 heavy (non-hydrogen) atoms. The van der Waals surface area contributed by atoms with E-state index in [0.29, 0.717) is 13.0 Å². The van der Waals surface area contributed by atoms with Crippen LogP contribution in [0.5, 0.6) is 0 Å². The topological polar surface area (TPSA) is 104 Å². The second-order valence-corrected chi connectivity index (χ2v) is 3.87. The Kier molecular flexibility index (Phi) is 9.25. The van der Waals surface area contributed by atoms with Gasteiger partial charge in [0.15, 0.2) is 0 Å². The van der Waals surface area contributed by atoms with E-state index in [1.807, 2.05) is 0 Å². The molecule has 0 heterocycles. The van der Waals surface area contributed by atoms with Gasteiger partial charge in [-0.3, -0.25) is 9.59 Å². The molecule has 0 aromatic carbocycles. The van der Waals surface area contributed by atoms with Crippen molar-refractivity contribution < 1.29 is 24.6 Å². The number of rotatable bonds is 10. The van der Waals surface area contributed by atoms with Crippen LogP contribution in [0.1, 0.15) is 38.5 Å². The summed E-state index contributed by atoms with van der Waals surface area (Å²) in [4.78, 5) is 31.4. The summed E-state index contributed by atoms with van der Waals surface area (Å²) in [7, 11) is 0. The van der Waals surface area contributed by atoms with Crippen LogP contribution in [0.25, 0.3) is 0 Å². The van der Waals surface area contributed by atoms with Gasteiger partial charge in [0.1, 0.15) is 0 Å². The van der Waals surface area contributed by atoms with Gasteiger partial charge in [0, 0.05) is 25.1 Å². The van der Waals surface area contributed by atoms with E-state index < -0.39 is 17.8 Å². The third kappa shape index (κ3) is 12.2. The Morgan fingerprint density at radius 2 is 1.50 bits per heavy atom. The number of hydrogen-bond acceptors (Lipinski definition) is 3. The molecule has 0 radical (unpaired) electrons. The number of hydrogen-bond donors (Lipinski definition) is 3. The average molecular weight is 257 g/mol. The Bertz CT molecular complexity index is 312. The van der Waals surface area contributed by atoms with E-state index in [2.05, 4.69) is 5.32 Å². The molecule has 0 saturated heterocycles. The quantitative estimate of drug-likeness (QED) is 0.402. The van der Waals surface area contributed by atoms with Crippen LogP contribution >= 0.6 is 0 Å². The van der Waals surface area contributed by atoms with Crippen molar-refractivity contribution in [3.63, 3.8) is 0 Å². The van der Waals surface area contributed by atoms with E-state index in [-0.39, 0.29) is 6.42 Å². The number of carboxylic acids is 2. The van der Waals surface area contributed by atoms with Gasteiger partial charge in [-0.2, -0.15) is 0 Å². The summed E-state index contributed by atoms with van der Waals surface area (Å²) in [6.07, 6.45) is 6.20. The van der Waals surface area contributed by atoms with Crippen molar-refractivity contribution in [1.29, 1.82) is 0 Å². The van der Waals surface area contributed by atoms with Crippen LogP contribution in [-0.2, 0) is 14.4 Å². The summed E-state index contributed by atoms with van der Waals surface area (Å²) in [5, 5.41) is 19.3. The molecular formula is C12H19NO5. The third-order valence-electron chi connectivity index (χ3n) is 2.24. The summed E-state index contributed by atoms with van der Waals surface area (Å²) in [5.41, 5.74) is 0. The Hall–Kier alpha value is -1.85. The van der Waals surface area contributed by atoms with Crippen LogP contribution in [0.2, 0.25) is 0 Å². The molecule has 0 fully saturated rings. The zero-order chi connectivity index (χ0) is 13.8. The fourth-order valence-electron chi connectivity index (χ4n) is 1.35. The van der Waals surface area contributed by atoms with Crippen molar-refractivity contribution in [2.75, 3.05) is 6.54 Å². The summed E-state index contributed by atoms with van der Waals surface area (Å²) in [6, 6.07) is 0. The number of amides is 1. The number of unbranched alkanes of at least 4 members (excludes halogenated alkanes) is 4. The van der Waals surface area contributed by atoms with E-state index in [1.165, 1.54) is 0 Å². The fourth-order valence-corrected chi connectivity index (χ4v) is 1.35. The maximum Gasteiger partial charge on any atom is 0.328 e. The number of carbonyl (C=O) groups is 3. The average Bonchev–Trinajstić information content (AvgIpc) is 2.29. The van der Waals surface area contributed by atoms with Gasteiger partial charge in [0.2, 0.25) is 5.91 Å². The first kappa shape index (κ1) is 16.1. The van der Waals surface area contributed by atoms with Gasteiger partial charge in [-0.15, -0.1) is 0 Å². The van der Waals surface area contributed by atoms with Crippen LogP contribution < -0.4 is 5.32 Å². The predicted octanol–water partition coefficient (Wildman–Crippen LogP) is 1.17. The molecule has 0 saturated carbocycles. The van der Waals surface area contributed by atoms with Crippen LogP contribution in [-0.4, -0.2) is 34.6 Å². The maximum atomic E-state index is 11.0. The highest BCUT2D eigenvalue weighted by molar-refractivity contribution is 5.93. The molecule has 0 rings (SSSR count). The molecule has 6 heteroatoms. The molecule has 0 bridgehead atoms. The first-order valence-electron chi connectivity index (χ1n) is 5.93. The minimum Gasteiger partial charge on any atom is -0.481 e. The highest BCUT2D eigenvalue weighted by Gasteiger charge is 1.98. The van der Waals surface area contributed by atoms with Gasteiger partial charge in [-0.1, -0.05) is 19.3 Å². The maximum absolute atomic E-state index is 11.0. The van der Waals surface area contributed by atoms with Gasteiger partial charge in [-0.25, -0.2) is 4.79 Å². The Balaban J connectivity index is 3.32. The molecule has 0 atom stereocenters. The summed E-state index contributed by atoms with van der Waals surface area (Å²) >= 11 is 0. The fraction of sp³-hybridized carbons (Fsp3) is 0.583. The molecule has 1 amide bonds. The lowest BCUT2D eigenvalue weighted by Crippen LogP contribution is -2.22. The molecule has 0 aliphatic rings. The minimum absolute atomic E-state index is 0.205. The molecule has 0 aromatic heterocycles. The lowest BCUT2D eigenvalue weighted by Gasteiger charge is -2.02. The van der Waals surface area contributed by atoms with Crippen LogP contribution in [0.4, 0.5) is 0 Å².